The van der Waals surface area contributed by atoms with E-state index < -0.39 is 6.10 Å². The zero-order chi connectivity index (χ0) is 15.5. The molecule has 22 heavy (non-hydrogen) atoms. The van der Waals surface area contributed by atoms with Crippen LogP contribution in [0.1, 0.15) is 41.4 Å². The van der Waals surface area contributed by atoms with E-state index in [1.165, 1.54) is 0 Å². The maximum absolute atomic E-state index is 10.6. The quantitative estimate of drug-likeness (QED) is 0.786. The molecular formula is C17H19N3O2. The Labute approximate surface area is 129 Å². The summed E-state index contributed by atoms with van der Waals surface area (Å²) in [6, 6.07) is 9.53. The van der Waals surface area contributed by atoms with Crippen LogP contribution in [-0.4, -0.2) is 19.8 Å². The molecule has 0 aliphatic rings. The van der Waals surface area contributed by atoms with Crippen LogP contribution in [0, 0.1) is 6.92 Å². The van der Waals surface area contributed by atoms with Crippen molar-refractivity contribution < 1.29 is 9.63 Å². The molecule has 1 N–H and O–H groups in total. The minimum Gasteiger partial charge on any atom is -0.380 e. The molecule has 0 radical (unpaired) electrons. The molecule has 3 rings (SSSR count). The van der Waals surface area contributed by atoms with E-state index in [2.05, 4.69) is 17.1 Å². The fourth-order valence-corrected chi connectivity index (χ4v) is 2.57. The number of hydrogen-bond acceptors (Lipinski definition) is 4. The smallest absolute Gasteiger partial charge is 0.142 e. The van der Waals surface area contributed by atoms with E-state index in [1.54, 1.807) is 6.20 Å². The molecule has 2 aromatic heterocycles. The van der Waals surface area contributed by atoms with E-state index in [4.69, 9.17) is 4.52 Å². The lowest BCUT2D eigenvalue weighted by molar-refractivity contribution is 0.205. The lowest BCUT2D eigenvalue weighted by Crippen LogP contribution is -2.11. The van der Waals surface area contributed by atoms with E-state index in [0.29, 0.717) is 12.4 Å². The van der Waals surface area contributed by atoms with Crippen LogP contribution in [0.2, 0.25) is 0 Å². The summed E-state index contributed by atoms with van der Waals surface area (Å²) in [6.07, 6.45) is 3.64. The van der Waals surface area contributed by atoms with Gasteiger partial charge in [-0.15, -0.1) is 0 Å². The molecule has 0 aliphatic carbocycles. The number of aryl methyl sites for hydroxylation is 2. The number of aromatic nitrogens is 3. The average Bonchev–Trinajstić information content (AvgIpc) is 3.15. The summed E-state index contributed by atoms with van der Waals surface area (Å²) in [4.78, 5) is 4.32. The predicted octanol–water partition coefficient (Wildman–Crippen LogP) is 2.87. The van der Waals surface area contributed by atoms with Crippen molar-refractivity contribution in [1.29, 1.82) is 0 Å². The third-order valence-electron chi connectivity index (χ3n) is 3.84. The molecular weight excluding hydrogens is 278 g/mol. The van der Waals surface area contributed by atoms with Crippen molar-refractivity contribution in [2.45, 2.75) is 32.9 Å². The Hall–Kier alpha value is -2.40. The summed E-state index contributed by atoms with van der Waals surface area (Å²) in [5.74, 6) is 1.43. The molecule has 0 spiro atoms. The van der Waals surface area contributed by atoms with Crippen molar-refractivity contribution in [2.75, 3.05) is 0 Å². The number of aliphatic hydroxyl groups excluding tert-OH is 1. The normalized spacial score (nSPS) is 12.5. The van der Waals surface area contributed by atoms with Crippen molar-refractivity contribution in [2.24, 2.45) is 0 Å². The number of benzene rings is 1. The molecule has 0 saturated heterocycles. The van der Waals surface area contributed by atoms with Crippen LogP contribution in [0.3, 0.4) is 0 Å². The van der Waals surface area contributed by atoms with Crippen LogP contribution < -0.4 is 0 Å². The summed E-state index contributed by atoms with van der Waals surface area (Å²) >= 11 is 0. The summed E-state index contributed by atoms with van der Waals surface area (Å²) in [6.45, 7) is 4.55. The van der Waals surface area contributed by atoms with Crippen molar-refractivity contribution in [1.82, 2.24) is 14.7 Å². The molecule has 3 aromatic rings. The van der Waals surface area contributed by atoms with Crippen LogP contribution in [0.5, 0.6) is 0 Å². The maximum Gasteiger partial charge on any atom is 0.142 e. The van der Waals surface area contributed by atoms with Crippen molar-refractivity contribution in [3.05, 3.63) is 71.1 Å². The van der Waals surface area contributed by atoms with E-state index in [-0.39, 0.29) is 0 Å². The summed E-state index contributed by atoms with van der Waals surface area (Å²) in [5.41, 5.74) is 2.83. The summed E-state index contributed by atoms with van der Waals surface area (Å²) in [5, 5.41) is 14.6. The highest BCUT2D eigenvalue weighted by Crippen LogP contribution is 2.22. The number of aliphatic hydroxyl groups is 1. The lowest BCUT2D eigenvalue weighted by Gasteiger charge is -2.13. The van der Waals surface area contributed by atoms with E-state index in [1.807, 2.05) is 48.0 Å². The Balaban J connectivity index is 1.91. The highest BCUT2D eigenvalue weighted by molar-refractivity contribution is 5.26. The molecule has 0 saturated carbocycles. The van der Waals surface area contributed by atoms with Gasteiger partial charge in [0.2, 0.25) is 0 Å². The Morgan fingerprint density at radius 1 is 1.27 bits per heavy atom. The van der Waals surface area contributed by atoms with E-state index in [9.17, 15) is 5.11 Å². The first-order valence-corrected chi connectivity index (χ1v) is 7.38. The lowest BCUT2D eigenvalue weighted by atomic mass is 10.1. The SMILES string of the molecule is CCc1noc(C)c1Cn1ccnc1[C@H](O)c1ccccc1. The van der Waals surface area contributed by atoms with Crippen molar-refractivity contribution in [3.8, 4) is 0 Å². The largest absolute Gasteiger partial charge is 0.380 e. The molecule has 0 aliphatic heterocycles. The Bertz CT molecular complexity index is 746. The predicted molar refractivity (Wildman–Crippen MR) is 82.5 cm³/mol. The van der Waals surface area contributed by atoms with Gasteiger partial charge in [0.1, 0.15) is 17.7 Å². The van der Waals surface area contributed by atoms with Gasteiger partial charge in [0.05, 0.1) is 12.2 Å². The van der Waals surface area contributed by atoms with Crippen LogP contribution in [-0.2, 0) is 13.0 Å². The van der Waals surface area contributed by atoms with E-state index in [0.717, 1.165) is 29.0 Å². The highest BCUT2D eigenvalue weighted by Gasteiger charge is 2.18. The van der Waals surface area contributed by atoms with Crippen LogP contribution in [0.15, 0.2) is 47.2 Å². The molecule has 0 fully saturated rings. The van der Waals surface area contributed by atoms with Crippen LogP contribution in [0.4, 0.5) is 0 Å². The minimum absolute atomic E-state index is 0.595. The molecule has 1 atom stereocenters. The van der Waals surface area contributed by atoms with Gasteiger partial charge in [0, 0.05) is 18.0 Å². The van der Waals surface area contributed by atoms with Gasteiger partial charge in [-0.1, -0.05) is 42.4 Å². The maximum atomic E-state index is 10.6. The van der Waals surface area contributed by atoms with Gasteiger partial charge in [-0.05, 0) is 18.9 Å². The van der Waals surface area contributed by atoms with Crippen molar-refractivity contribution in [3.63, 3.8) is 0 Å². The van der Waals surface area contributed by atoms with Gasteiger partial charge in [0.15, 0.2) is 0 Å². The zero-order valence-corrected chi connectivity index (χ0v) is 12.7. The number of rotatable bonds is 5. The first-order chi connectivity index (χ1) is 10.7. The first-order valence-electron chi connectivity index (χ1n) is 7.38. The second-order valence-electron chi connectivity index (χ2n) is 5.24. The summed E-state index contributed by atoms with van der Waals surface area (Å²) in [7, 11) is 0. The number of hydrogen-bond donors (Lipinski definition) is 1. The Morgan fingerprint density at radius 2 is 2.05 bits per heavy atom. The molecule has 5 heteroatoms. The van der Waals surface area contributed by atoms with Gasteiger partial charge in [0.25, 0.3) is 0 Å². The van der Waals surface area contributed by atoms with E-state index >= 15 is 0 Å². The second-order valence-corrected chi connectivity index (χ2v) is 5.24. The number of nitrogens with zero attached hydrogens (tertiary/aromatic N) is 3. The standard InChI is InChI=1S/C17H19N3O2/c1-3-15-14(12(2)22-19-15)11-20-10-9-18-17(20)16(21)13-7-5-4-6-8-13/h4-10,16,21H,3,11H2,1-2H3/t16-/m1/s1. The van der Waals surface area contributed by atoms with Gasteiger partial charge in [-0.25, -0.2) is 4.98 Å². The third-order valence-corrected chi connectivity index (χ3v) is 3.84. The third kappa shape index (κ3) is 2.67. The van der Waals surface area contributed by atoms with Crippen LogP contribution >= 0.6 is 0 Å². The zero-order valence-electron chi connectivity index (χ0n) is 12.7. The van der Waals surface area contributed by atoms with Gasteiger partial charge < -0.3 is 14.2 Å². The minimum atomic E-state index is -0.749. The molecule has 0 bridgehead atoms. The van der Waals surface area contributed by atoms with Gasteiger partial charge in [-0.2, -0.15) is 0 Å². The molecule has 114 valence electrons. The molecule has 0 unspecified atom stereocenters. The molecule has 5 nitrogen and oxygen atoms in total. The Morgan fingerprint density at radius 3 is 2.77 bits per heavy atom. The topological polar surface area (TPSA) is 64.1 Å². The molecule has 0 amide bonds. The molecule has 1 aromatic carbocycles. The average molecular weight is 297 g/mol. The first kappa shape index (κ1) is 14.5. The highest BCUT2D eigenvalue weighted by atomic mass is 16.5. The fourth-order valence-electron chi connectivity index (χ4n) is 2.57. The summed E-state index contributed by atoms with van der Waals surface area (Å²) < 4.78 is 7.21. The fraction of sp³-hybridized carbons (Fsp3) is 0.294. The monoisotopic (exact) mass is 297 g/mol. The van der Waals surface area contributed by atoms with Gasteiger partial charge >= 0.3 is 0 Å². The second kappa shape index (κ2) is 6.15. The number of imidazole rings is 1. The van der Waals surface area contributed by atoms with Crippen molar-refractivity contribution >= 4 is 0 Å². The Kier molecular flexibility index (Phi) is 4.06. The van der Waals surface area contributed by atoms with Crippen LogP contribution in [0.25, 0.3) is 0 Å². The van der Waals surface area contributed by atoms with Gasteiger partial charge in [-0.3, -0.25) is 0 Å². The molecule has 2 heterocycles.